The lowest BCUT2D eigenvalue weighted by Crippen LogP contribution is -2.37. The molecule has 98 valence electrons. The number of ether oxygens (including phenoxy) is 1. The average molecular weight is 250 g/mol. The van der Waals surface area contributed by atoms with Crippen LogP contribution >= 0.6 is 0 Å². The molecule has 0 radical (unpaired) electrons. The van der Waals surface area contributed by atoms with Crippen molar-refractivity contribution in [1.29, 1.82) is 0 Å². The minimum atomic E-state index is -0.326. The second-order valence-corrected chi connectivity index (χ2v) is 4.70. The van der Waals surface area contributed by atoms with Gasteiger partial charge >= 0.3 is 0 Å². The van der Waals surface area contributed by atoms with Gasteiger partial charge in [0.25, 0.3) is 0 Å². The summed E-state index contributed by atoms with van der Waals surface area (Å²) in [5, 5.41) is 12.6. The molecule has 1 saturated heterocycles. The Bertz CT molecular complexity index is 474. The van der Waals surface area contributed by atoms with E-state index in [4.69, 9.17) is 10.5 Å². The Morgan fingerprint density at radius 1 is 1.44 bits per heavy atom. The second kappa shape index (κ2) is 4.96. The fourth-order valence-electron chi connectivity index (χ4n) is 2.04. The zero-order valence-electron chi connectivity index (χ0n) is 10.6. The normalized spacial score (nSPS) is 23.1. The smallest absolute Gasteiger partial charge is 0.231 e. The summed E-state index contributed by atoms with van der Waals surface area (Å²) in [4.78, 5) is 12.0. The summed E-state index contributed by atoms with van der Waals surface area (Å²) in [7, 11) is 0. The lowest BCUT2D eigenvalue weighted by atomic mass is 10.0. The maximum atomic E-state index is 12.0. The number of anilines is 1. The van der Waals surface area contributed by atoms with E-state index in [1.54, 1.807) is 19.1 Å². The van der Waals surface area contributed by atoms with E-state index in [0.717, 1.165) is 5.56 Å². The summed E-state index contributed by atoms with van der Waals surface area (Å²) < 4.78 is 5.17. The van der Waals surface area contributed by atoms with E-state index < -0.39 is 0 Å². The molecule has 1 amide bonds. The number of nitrogens with one attached hydrogen (secondary N) is 1. The van der Waals surface area contributed by atoms with Crippen LogP contribution in [0, 0.1) is 19.8 Å². The van der Waals surface area contributed by atoms with Crippen molar-refractivity contribution < 1.29 is 14.6 Å². The van der Waals surface area contributed by atoms with E-state index in [-0.39, 0.29) is 23.6 Å². The fourth-order valence-corrected chi connectivity index (χ4v) is 2.04. The molecule has 1 aromatic carbocycles. The van der Waals surface area contributed by atoms with E-state index in [1.807, 2.05) is 6.92 Å². The number of hydrogen-bond acceptors (Lipinski definition) is 4. The van der Waals surface area contributed by atoms with E-state index >= 15 is 0 Å². The van der Waals surface area contributed by atoms with Crippen molar-refractivity contribution in [3.05, 3.63) is 23.3 Å². The molecule has 1 fully saturated rings. The molecule has 5 heteroatoms. The van der Waals surface area contributed by atoms with Crippen LogP contribution in [0.25, 0.3) is 0 Å². The molecule has 0 spiro atoms. The number of amides is 1. The van der Waals surface area contributed by atoms with Gasteiger partial charge in [0.1, 0.15) is 5.75 Å². The van der Waals surface area contributed by atoms with Gasteiger partial charge in [-0.1, -0.05) is 6.07 Å². The fraction of sp³-hybridized carbons (Fsp3) is 0.462. The van der Waals surface area contributed by atoms with Crippen LogP contribution in [0.4, 0.5) is 5.69 Å². The standard InChI is InChI=1S/C13H18N2O3/c1-7-3-4-11(8(2)12(7)16)15-13(17)9-5-18-6-10(9)14/h3-4,9-10,16H,5-6,14H2,1-2H3,(H,15,17). The van der Waals surface area contributed by atoms with E-state index in [0.29, 0.717) is 24.5 Å². The second-order valence-electron chi connectivity index (χ2n) is 4.70. The lowest BCUT2D eigenvalue weighted by molar-refractivity contribution is -0.120. The maximum absolute atomic E-state index is 12.0. The number of benzene rings is 1. The van der Waals surface area contributed by atoms with Gasteiger partial charge in [0, 0.05) is 17.3 Å². The molecule has 2 rings (SSSR count). The monoisotopic (exact) mass is 250 g/mol. The topological polar surface area (TPSA) is 84.6 Å². The molecular weight excluding hydrogens is 232 g/mol. The number of phenols is 1. The third-order valence-corrected chi connectivity index (χ3v) is 3.35. The molecular formula is C13H18N2O3. The molecule has 0 aliphatic carbocycles. The first-order valence-corrected chi connectivity index (χ1v) is 5.94. The first-order chi connectivity index (χ1) is 8.50. The van der Waals surface area contributed by atoms with Gasteiger partial charge in [-0.05, 0) is 25.5 Å². The van der Waals surface area contributed by atoms with Crippen LogP contribution in [-0.4, -0.2) is 30.3 Å². The summed E-state index contributed by atoms with van der Waals surface area (Å²) in [6, 6.07) is 3.29. The van der Waals surface area contributed by atoms with Crippen LogP contribution in [0.15, 0.2) is 12.1 Å². The number of carbonyl (C=O) groups excluding carboxylic acids is 1. The van der Waals surface area contributed by atoms with Crippen molar-refractivity contribution in [2.24, 2.45) is 11.7 Å². The van der Waals surface area contributed by atoms with Gasteiger partial charge in [-0.15, -0.1) is 0 Å². The number of aromatic hydroxyl groups is 1. The first-order valence-electron chi connectivity index (χ1n) is 5.94. The van der Waals surface area contributed by atoms with Crippen LogP contribution in [0.3, 0.4) is 0 Å². The number of carbonyl (C=O) groups is 1. The molecule has 1 aromatic rings. The number of nitrogens with two attached hydrogens (primary N) is 1. The van der Waals surface area contributed by atoms with Gasteiger partial charge in [0.05, 0.1) is 19.1 Å². The summed E-state index contributed by atoms with van der Waals surface area (Å²) in [5.41, 5.74) is 7.85. The molecule has 1 heterocycles. The number of aryl methyl sites for hydroxylation is 1. The Hall–Kier alpha value is -1.59. The minimum absolute atomic E-state index is 0.161. The highest BCUT2D eigenvalue weighted by molar-refractivity contribution is 5.94. The van der Waals surface area contributed by atoms with Crippen LogP contribution in [0.5, 0.6) is 5.75 Å². The Balaban J connectivity index is 2.14. The van der Waals surface area contributed by atoms with Crippen molar-refractivity contribution >= 4 is 11.6 Å². The summed E-state index contributed by atoms with van der Waals surface area (Å²) >= 11 is 0. The molecule has 1 aliphatic rings. The third kappa shape index (κ3) is 2.32. The minimum Gasteiger partial charge on any atom is -0.507 e. The number of hydrogen-bond donors (Lipinski definition) is 3. The van der Waals surface area contributed by atoms with Crippen LogP contribution < -0.4 is 11.1 Å². The predicted molar refractivity (Wildman–Crippen MR) is 68.5 cm³/mol. The highest BCUT2D eigenvalue weighted by Gasteiger charge is 2.31. The Kier molecular flexibility index (Phi) is 3.54. The molecule has 1 aliphatic heterocycles. The third-order valence-electron chi connectivity index (χ3n) is 3.35. The zero-order chi connectivity index (χ0) is 13.3. The van der Waals surface area contributed by atoms with Crippen molar-refractivity contribution in [3.8, 4) is 5.75 Å². The van der Waals surface area contributed by atoms with Crippen LogP contribution in [0.2, 0.25) is 0 Å². The zero-order valence-corrected chi connectivity index (χ0v) is 10.6. The first kappa shape index (κ1) is 12.9. The highest BCUT2D eigenvalue weighted by Crippen LogP contribution is 2.28. The van der Waals surface area contributed by atoms with Gasteiger partial charge in [0.15, 0.2) is 0 Å². The number of rotatable bonds is 2. The molecule has 0 bridgehead atoms. The molecule has 18 heavy (non-hydrogen) atoms. The average Bonchev–Trinajstić information content (AvgIpc) is 2.76. The van der Waals surface area contributed by atoms with Crippen molar-refractivity contribution in [3.63, 3.8) is 0 Å². The van der Waals surface area contributed by atoms with E-state index in [2.05, 4.69) is 5.32 Å². The SMILES string of the molecule is Cc1ccc(NC(=O)C2COCC2N)c(C)c1O. The van der Waals surface area contributed by atoms with Crippen molar-refractivity contribution in [2.45, 2.75) is 19.9 Å². The Labute approximate surface area is 106 Å². The Morgan fingerprint density at radius 3 is 2.78 bits per heavy atom. The molecule has 2 unspecified atom stereocenters. The van der Waals surface area contributed by atoms with Gasteiger partial charge in [0.2, 0.25) is 5.91 Å². The predicted octanol–water partition coefficient (Wildman–Crippen LogP) is 0.921. The molecule has 2 atom stereocenters. The largest absolute Gasteiger partial charge is 0.507 e. The Morgan fingerprint density at radius 2 is 2.17 bits per heavy atom. The summed E-state index contributed by atoms with van der Waals surface area (Å²) in [6.07, 6.45) is 0. The summed E-state index contributed by atoms with van der Waals surface area (Å²) in [6.45, 7) is 4.35. The quantitative estimate of drug-likeness (QED) is 0.728. The van der Waals surface area contributed by atoms with Crippen LogP contribution in [0.1, 0.15) is 11.1 Å². The van der Waals surface area contributed by atoms with Crippen LogP contribution in [-0.2, 0) is 9.53 Å². The molecule has 5 nitrogen and oxygen atoms in total. The van der Waals surface area contributed by atoms with Gasteiger partial charge in [-0.2, -0.15) is 0 Å². The summed E-state index contributed by atoms with van der Waals surface area (Å²) in [5.74, 6) is -0.279. The number of phenolic OH excluding ortho intramolecular Hbond substituents is 1. The highest BCUT2D eigenvalue weighted by atomic mass is 16.5. The molecule has 4 N–H and O–H groups in total. The van der Waals surface area contributed by atoms with Crippen molar-refractivity contribution in [1.82, 2.24) is 0 Å². The molecule has 0 saturated carbocycles. The van der Waals surface area contributed by atoms with Gasteiger partial charge < -0.3 is 20.9 Å². The lowest BCUT2D eigenvalue weighted by Gasteiger charge is -2.16. The van der Waals surface area contributed by atoms with Crippen molar-refractivity contribution in [2.75, 3.05) is 18.5 Å². The van der Waals surface area contributed by atoms with E-state index in [1.165, 1.54) is 0 Å². The van der Waals surface area contributed by atoms with E-state index in [9.17, 15) is 9.90 Å². The van der Waals surface area contributed by atoms with Gasteiger partial charge in [-0.3, -0.25) is 4.79 Å². The maximum Gasteiger partial charge on any atom is 0.231 e. The molecule has 0 aromatic heterocycles. The van der Waals surface area contributed by atoms with Gasteiger partial charge in [-0.25, -0.2) is 0 Å².